The average molecular weight is 284 g/mol. The van der Waals surface area contributed by atoms with Gasteiger partial charge in [0.15, 0.2) is 0 Å². The zero-order valence-corrected chi connectivity index (χ0v) is 8.66. The number of halogens is 1. The van der Waals surface area contributed by atoms with E-state index < -0.39 is 13.0 Å². The van der Waals surface area contributed by atoms with Crippen molar-refractivity contribution < 1.29 is 11.9 Å². The first-order valence-corrected chi connectivity index (χ1v) is 6.54. The Kier molecular flexibility index (Phi) is 2.44. The van der Waals surface area contributed by atoms with Crippen molar-refractivity contribution in [3.8, 4) is 0 Å². The van der Waals surface area contributed by atoms with Gasteiger partial charge >= 0.3 is 74.0 Å². The van der Waals surface area contributed by atoms with Gasteiger partial charge in [0.2, 0.25) is 0 Å². The van der Waals surface area contributed by atoms with Crippen LogP contribution in [0, 0.1) is 0 Å². The molecule has 0 heterocycles. The summed E-state index contributed by atoms with van der Waals surface area (Å²) in [6, 6.07) is 5.83. The van der Waals surface area contributed by atoms with Crippen molar-refractivity contribution in [2.45, 2.75) is 0 Å². The Morgan fingerprint density at radius 3 is 2.00 bits per heavy atom. The van der Waals surface area contributed by atoms with Gasteiger partial charge in [-0.1, -0.05) is 0 Å². The first-order chi connectivity index (χ1) is 5.00. The Bertz CT molecular complexity index is 341. The van der Waals surface area contributed by atoms with Gasteiger partial charge in [0, 0.05) is 0 Å². The topological polar surface area (TPSA) is 54.4 Å². The standard InChI is InChI=1S/C6H5BrO3Se/c7-5-1-3-6(4-2-5)11(8,9)10/h1-4H,(H,8,9,10). The molecule has 5 heteroatoms. The van der Waals surface area contributed by atoms with Crippen LogP contribution in [0.3, 0.4) is 0 Å². The molecular formula is C6H5BrO3Se. The second-order valence-electron chi connectivity index (χ2n) is 1.93. The number of hydrogen-bond donors (Lipinski definition) is 1. The summed E-state index contributed by atoms with van der Waals surface area (Å²) in [5.74, 6) is 0. The van der Waals surface area contributed by atoms with Crippen LogP contribution in [0.5, 0.6) is 0 Å². The van der Waals surface area contributed by atoms with Crippen LogP contribution in [0.15, 0.2) is 28.7 Å². The fourth-order valence-electron chi connectivity index (χ4n) is 0.607. The van der Waals surface area contributed by atoms with E-state index in [9.17, 15) is 7.67 Å². The molecule has 0 atom stereocenters. The molecule has 0 radical (unpaired) electrons. The van der Waals surface area contributed by atoms with Gasteiger partial charge in [-0.2, -0.15) is 0 Å². The van der Waals surface area contributed by atoms with Crippen molar-refractivity contribution in [1.29, 1.82) is 0 Å². The van der Waals surface area contributed by atoms with Gasteiger partial charge in [-0.3, -0.25) is 0 Å². The molecule has 1 rings (SSSR count). The summed E-state index contributed by atoms with van der Waals surface area (Å²) in [7, 11) is 0. The van der Waals surface area contributed by atoms with Crippen LogP contribution in [0.2, 0.25) is 0 Å². The van der Waals surface area contributed by atoms with Gasteiger partial charge in [0.25, 0.3) is 0 Å². The van der Waals surface area contributed by atoms with Gasteiger partial charge in [0.1, 0.15) is 0 Å². The van der Waals surface area contributed by atoms with E-state index in [0.717, 1.165) is 4.47 Å². The molecule has 0 saturated carbocycles. The molecule has 0 bridgehead atoms. The minimum absolute atomic E-state index is 0.0237. The monoisotopic (exact) mass is 284 g/mol. The van der Waals surface area contributed by atoms with E-state index in [2.05, 4.69) is 15.9 Å². The Labute approximate surface area is 74.1 Å². The van der Waals surface area contributed by atoms with Crippen molar-refractivity contribution in [3.63, 3.8) is 0 Å². The van der Waals surface area contributed by atoms with Crippen LogP contribution in [0.1, 0.15) is 0 Å². The summed E-state index contributed by atoms with van der Waals surface area (Å²) in [6.45, 7) is 0. The normalized spacial score (nSPS) is 11.5. The molecule has 3 nitrogen and oxygen atoms in total. The predicted molar refractivity (Wildman–Crippen MR) is 43.1 cm³/mol. The summed E-state index contributed by atoms with van der Waals surface area (Å²) in [5.41, 5.74) is 0. The second kappa shape index (κ2) is 3.03. The maximum absolute atomic E-state index is 10.6. The van der Waals surface area contributed by atoms with Crippen LogP contribution < -0.4 is 4.46 Å². The molecule has 0 spiro atoms. The molecule has 1 aromatic rings. The van der Waals surface area contributed by atoms with Gasteiger partial charge in [0.05, 0.1) is 0 Å². The summed E-state index contributed by atoms with van der Waals surface area (Å²) in [6.07, 6.45) is 0. The average Bonchev–Trinajstić information content (AvgIpc) is 1.86. The summed E-state index contributed by atoms with van der Waals surface area (Å²) in [4.78, 5) is 0. The van der Waals surface area contributed by atoms with E-state index in [0.29, 0.717) is 0 Å². The van der Waals surface area contributed by atoms with Crippen molar-refractivity contribution in [2.24, 2.45) is 0 Å². The molecule has 1 N–H and O–H groups in total. The molecule has 0 saturated heterocycles. The Morgan fingerprint density at radius 2 is 1.64 bits per heavy atom. The molecular weight excluding hydrogens is 279 g/mol. The molecule has 0 fully saturated rings. The first kappa shape index (κ1) is 8.87. The molecule has 0 amide bonds. The van der Waals surface area contributed by atoms with Crippen molar-refractivity contribution in [1.82, 2.24) is 0 Å². The summed E-state index contributed by atoms with van der Waals surface area (Å²) in [5, 5.41) is 0. The van der Waals surface area contributed by atoms with E-state index >= 15 is 0 Å². The molecule has 0 aliphatic heterocycles. The van der Waals surface area contributed by atoms with Crippen LogP contribution in [0.4, 0.5) is 0 Å². The van der Waals surface area contributed by atoms with Crippen molar-refractivity contribution >= 4 is 33.4 Å². The first-order valence-electron chi connectivity index (χ1n) is 2.73. The van der Waals surface area contributed by atoms with Crippen molar-refractivity contribution in [2.75, 3.05) is 0 Å². The van der Waals surface area contributed by atoms with E-state index in [1.807, 2.05) is 0 Å². The fourth-order valence-corrected chi connectivity index (χ4v) is 1.88. The second-order valence-corrected chi connectivity index (χ2v) is 5.83. The van der Waals surface area contributed by atoms with Crippen LogP contribution in [0.25, 0.3) is 0 Å². The van der Waals surface area contributed by atoms with Crippen LogP contribution in [-0.2, 0) is 7.67 Å². The van der Waals surface area contributed by atoms with E-state index in [1.165, 1.54) is 12.1 Å². The van der Waals surface area contributed by atoms with E-state index in [1.54, 1.807) is 12.1 Å². The molecule has 0 aromatic heterocycles. The molecule has 11 heavy (non-hydrogen) atoms. The SMILES string of the molecule is O=[Se](=O)(O)c1ccc(Br)cc1. The fraction of sp³-hybridized carbons (Fsp3) is 0. The molecule has 0 unspecified atom stereocenters. The Balaban J connectivity index is 3.20. The van der Waals surface area contributed by atoms with Gasteiger partial charge in [-0.25, -0.2) is 0 Å². The quantitative estimate of drug-likeness (QED) is 0.762. The van der Waals surface area contributed by atoms with E-state index in [-0.39, 0.29) is 4.46 Å². The molecule has 0 aliphatic rings. The number of benzene rings is 1. The van der Waals surface area contributed by atoms with E-state index in [4.69, 9.17) is 4.19 Å². The van der Waals surface area contributed by atoms with Crippen LogP contribution in [-0.4, -0.2) is 17.2 Å². The Morgan fingerprint density at radius 1 is 1.18 bits per heavy atom. The van der Waals surface area contributed by atoms with Crippen molar-refractivity contribution in [3.05, 3.63) is 28.7 Å². The minimum atomic E-state index is -4.74. The van der Waals surface area contributed by atoms with Crippen LogP contribution >= 0.6 is 15.9 Å². The third-order valence-electron chi connectivity index (χ3n) is 1.11. The number of rotatable bonds is 1. The molecule has 0 aliphatic carbocycles. The third kappa shape index (κ3) is 2.38. The molecule has 1 aromatic carbocycles. The maximum atomic E-state index is 10.6. The zero-order valence-electron chi connectivity index (χ0n) is 5.36. The number of hydrogen-bond acceptors (Lipinski definition) is 2. The summed E-state index contributed by atoms with van der Waals surface area (Å²) >= 11 is -1.60. The van der Waals surface area contributed by atoms with Gasteiger partial charge in [-0.15, -0.1) is 0 Å². The molecule has 60 valence electrons. The summed E-state index contributed by atoms with van der Waals surface area (Å²) < 4.78 is 30.5. The third-order valence-corrected chi connectivity index (χ3v) is 3.46. The Hall–Kier alpha value is -0.221. The zero-order chi connectivity index (χ0) is 8.48. The van der Waals surface area contributed by atoms with Gasteiger partial charge < -0.3 is 0 Å². The predicted octanol–water partition coefficient (Wildman–Crippen LogP) is 0.448. The van der Waals surface area contributed by atoms with Gasteiger partial charge in [-0.05, 0) is 0 Å².